The van der Waals surface area contributed by atoms with Crippen LogP contribution < -0.4 is 5.32 Å². The molecule has 1 saturated heterocycles. The summed E-state index contributed by atoms with van der Waals surface area (Å²) in [5, 5.41) is 6.48. The second kappa shape index (κ2) is 4.59. The smallest absolute Gasteiger partial charge is 0.124 e. The number of aromatic nitrogens is 1. The van der Waals surface area contributed by atoms with E-state index in [1.54, 1.807) is 11.3 Å². The van der Waals surface area contributed by atoms with Crippen LogP contribution in [0.3, 0.4) is 0 Å². The summed E-state index contributed by atoms with van der Waals surface area (Å²) in [5.74, 6) is 6.95. The first-order chi connectivity index (χ1) is 6.84. The molecule has 1 aliphatic heterocycles. The summed E-state index contributed by atoms with van der Waals surface area (Å²) in [7, 11) is 0. The van der Waals surface area contributed by atoms with E-state index in [1.807, 2.05) is 12.3 Å². The molecule has 1 atom stereocenters. The van der Waals surface area contributed by atoms with Gasteiger partial charge in [0.2, 0.25) is 0 Å². The van der Waals surface area contributed by atoms with Gasteiger partial charge in [-0.15, -0.1) is 11.3 Å². The second-order valence-corrected chi connectivity index (χ2v) is 4.63. The zero-order chi connectivity index (χ0) is 9.80. The van der Waals surface area contributed by atoms with E-state index in [0.29, 0.717) is 5.92 Å². The van der Waals surface area contributed by atoms with Crippen LogP contribution in [0.2, 0.25) is 0 Å². The van der Waals surface area contributed by atoms with Gasteiger partial charge in [0.05, 0.1) is 5.01 Å². The molecule has 0 aliphatic carbocycles. The van der Waals surface area contributed by atoms with Crippen molar-refractivity contribution in [2.24, 2.45) is 5.92 Å². The Labute approximate surface area is 88.8 Å². The Hall–Kier alpha value is -0.850. The summed E-state index contributed by atoms with van der Waals surface area (Å²) in [6.45, 7) is 4.20. The third-order valence-electron chi connectivity index (χ3n) is 2.32. The molecule has 2 heterocycles. The molecule has 0 saturated carbocycles. The molecule has 1 unspecified atom stereocenters. The maximum Gasteiger partial charge on any atom is 0.124 e. The number of piperidine rings is 1. The molecule has 14 heavy (non-hydrogen) atoms. The standard InChI is InChI=1S/C11H14N2S/c1-9-13-11(8-14-9)5-4-10-3-2-6-12-7-10/h8,10,12H,2-3,6-7H2,1H3. The molecule has 0 amide bonds. The van der Waals surface area contributed by atoms with Crippen LogP contribution in [0.15, 0.2) is 5.38 Å². The Balaban J connectivity index is 1.98. The Morgan fingerprint density at radius 2 is 2.57 bits per heavy atom. The van der Waals surface area contributed by atoms with E-state index < -0.39 is 0 Å². The van der Waals surface area contributed by atoms with Crippen molar-refractivity contribution < 1.29 is 0 Å². The van der Waals surface area contributed by atoms with Crippen molar-refractivity contribution in [3.63, 3.8) is 0 Å². The SMILES string of the molecule is Cc1nc(C#CC2CCCNC2)cs1. The lowest BCUT2D eigenvalue weighted by molar-refractivity contribution is 0.449. The molecular weight excluding hydrogens is 192 g/mol. The number of hydrogen-bond donors (Lipinski definition) is 1. The van der Waals surface area contributed by atoms with E-state index >= 15 is 0 Å². The van der Waals surface area contributed by atoms with Gasteiger partial charge in [-0.3, -0.25) is 0 Å². The molecule has 1 aromatic rings. The van der Waals surface area contributed by atoms with Gasteiger partial charge in [0.1, 0.15) is 5.69 Å². The molecular formula is C11H14N2S. The summed E-state index contributed by atoms with van der Waals surface area (Å²) in [4.78, 5) is 4.32. The summed E-state index contributed by atoms with van der Waals surface area (Å²) >= 11 is 1.66. The van der Waals surface area contributed by atoms with Crippen molar-refractivity contribution in [3.8, 4) is 11.8 Å². The number of rotatable bonds is 0. The van der Waals surface area contributed by atoms with Crippen LogP contribution in [-0.2, 0) is 0 Å². The molecule has 3 heteroatoms. The van der Waals surface area contributed by atoms with Gasteiger partial charge < -0.3 is 5.32 Å². The highest BCUT2D eigenvalue weighted by atomic mass is 32.1. The number of aryl methyl sites for hydroxylation is 1. The first-order valence-electron chi connectivity index (χ1n) is 4.99. The van der Waals surface area contributed by atoms with Crippen molar-refractivity contribution in [2.45, 2.75) is 19.8 Å². The summed E-state index contributed by atoms with van der Waals surface area (Å²) in [5.41, 5.74) is 0.929. The van der Waals surface area contributed by atoms with Gasteiger partial charge in [-0.25, -0.2) is 4.98 Å². The highest BCUT2D eigenvalue weighted by molar-refractivity contribution is 7.09. The van der Waals surface area contributed by atoms with E-state index in [-0.39, 0.29) is 0 Å². The number of nitrogens with zero attached hydrogens (tertiary/aromatic N) is 1. The predicted octanol–water partition coefficient (Wildman–Crippen LogP) is 1.80. The van der Waals surface area contributed by atoms with E-state index in [9.17, 15) is 0 Å². The molecule has 1 aliphatic rings. The molecule has 1 N–H and O–H groups in total. The fourth-order valence-corrected chi connectivity index (χ4v) is 2.12. The highest BCUT2D eigenvalue weighted by Gasteiger charge is 2.09. The molecule has 1 aromatic heterocycles. The van der Waals surface area contributed by atoms with Crippen molar-refractivity contribution in [3.05, 3.63) is 16.1 Å². The summed E-state index contributed by atoms with van der Waals surface area (Å²) in [6, 6.07) is 0. The molecule has 0 aromatic carbocycles. The van der Waals surface area contributed by atoms with Crippen LogP contribution in [0.25, 0.3) is 0 Å². The topological polar surface area (TPSA) is 24.9 Å². The van der Waals surface area contributed by atoms with Gasteiger partial charge in [0.15, 0.2) is 0 Å². The molecule has 74 valence electrons. The van der Waals surface area contributed by atoms with Gasteiger partial charge in [0.25, 0.3) is 0 Å². The van der Waals surface area contributed by atoms with Crippen LogP contribution >= 0.6 is 11.3 Å². The zero-order valence-electron chi connectivity index (χ0n) is 8.34. The Bertz CT molecular complexity index is 353. The molecule has 0 radical (unpaired) electrons. The Kier molecular flexibility index (Phi) is 3.18. The first kappa shape index (κ1) is 9.70. The minimum atomic E-state index is 0.519. The van der Waals surface area contributed by atoms with Crippen molar-refractivity contribution in [1.29, 1.82) is 0 Å². The average molecular weight is 206 g/mol. The third-order valence-corrected chi connectivity index (χ3v) is 3.09. The van der Waals surface area contributed by atoms with Crippen LogP contribution in [0.4, 0.5) is 0 Å². The van der Waals surface area contributed by atoms with Crippen molar-refractivity contribution in [2.75, 3.05) is 13.1 Å². The van der Waals surface area contributed by atoms with Crippen molar-refractivity contribution in [1.82, 2.24) is 10.3 Å². The Morgan fingerprint density at radius 1 is 1.64 bits per heavy atom. The zero-order valence-corrected chi connectivity index (χ0v) is 9.16. The molecule has 1 fully saturated rings. The van der Waals surface area contributed by atoms with Crippen LogP contribution in [-0.4, -0.2) is 18.1 Å². The maximum atomic E-state index is 4.32. The molecule has 2 rings (SSSR count). The summed E-state index contributed by atoms with van der Waals surface area (Å²) in [6.07, 6.45) is 2.47. The average Bonchev–Trinajstić information content (AvgIpc) is 2.63. The van der Waals surface area contributed by atoms with Gasteiger partial charge in [-0.2, -0.15) is 0 Å². The molecule has 0 spiro atoms. The lowest BCUT2D eigenvalue weighted by atomic mass is 10.0. The molecule has 0 bridgehead atoms. The van der Waals surface area contributed by atoms with Crippen LogP contribution in [0.5, 0.6) is 0 Å². The third kappa shape index (κ3) is 2.57. The van der Waals surface area contributed by atoms with Gasteiger partial charge in [0, 0.05) is 17.8 Å². The second-order valence-electron chi connectivity index (χ2n) is 3.56. The largest absolute Gasteiger partial charge is 0.316 e. The van der Waals surface area contributed by atoms with E-state index in [1.165, 1.54) is 12.8 Å². The van der Waals surface area contributed by atoms with E-state index in [0.717, 1.165) is 23.8 Å². The Morgan fingerprint density at radius 3 is 3.21 bits per heavy atom. The monoisotopic (exact) mass is 206 g/mol. The van der Waals surface area contributed by atoms with E-state index in [2.05, 4.69) is 22.1 Å². The lowest BCUT2D eigenvalue weighted by Crippen LogP contribution is -2.28. The van der Waals surface area contributed by atoms with Crippen LogP contribution in [0, 0.1) is 24.7 Å². The minimum absolute atomic E-state index is 0.519. The molecule has 2 nitrogen and oxygen atoms in total. The normalized spacial score (nSPS) is 21.4. The van der Waals surface area contributed by atoms with Crippen molar-refractivity contribution >= 4 is 11.3 Å². The number of hydrogen-bond acceptors (Lipinski definition) is 3. The minimum Gasteiger partial charge on any atom is -0.316 e. The predicted molar refractivity (Wildman–Crippen MR) is 59.3 cm³/mol. The maximum absolute atomic E-state index is 4.32. The fourth-order valence-electron chi connectivity index (χ4n) is 1.57. The van der Waals surface area contributed by atoms with Crippen LogP contribution in [0.1, 0.15) is 23.5 Å². The van der Waals surface area contributed by atoms with E-state index in [4.69, 9.17) is 0 Å². The first-order valence-corrected chi connectivity index (χ1v) is 5.87. The number of thiazole rings is 1. The fraction of sp³-hybridized carbons (Fsp3) is 0.545. The lowest BCUT2D eigenvalue weighted by Gasteiger charge is -2.17. The summed E-state index contributed by atoms with van der Waals surface area (Å²) < 4.78 is 0. The quantitative estimate of drug-likeness (QED) is 0.655. The van der Waals surface area contributed by atoms with Gasteiger partial charge in [-0.1, -0.05) is 5.92 Å². The van der Waals surface area contributed by atoms with Gasteiger partial charge in [-0.05, 0) is 32.2 Å². The van der Waals surface area contributed by atoms with Gasteiger partial charge >= 0.3 is 0 Å². The highest BCUT2D eigenvalue weighted by Crippen LogP contribution is 2.10. The number of nitrogens with one attached hydrogen (secondary N) is 1.